The summed E-state index contributed by atoms with van der Waals surface area (Å²) in [5.41, 5.74) is 3.87. The van der Waals surface area contributed by atoms with Gasteiger partial charge < -0.3 is 14.8 Å². The zero-order valence-electron chi connectivity index (χ0n) is 16.6. The Morgan fingerprint density at radius 1 is 1.04 bits per heavy atom. The summed E-state index contributed by atoms with van der Waals surface area (Å²) in [5, 5.41) is 3.51. The maximum Gasteiger partial charge on any atom is 0.119 e. The van der Waals surface area contributed by atoms with E-state index in [4.69, 9.17) is 9.47 Å². The molecule has 1 aliphatic heterocycles. The van der Waals surface area contributed by atoms with Gasteiger partial charge in [0.2, 0.25) is 0 Å². The molecule has 0 bridgehead atoms. The third-order valence-corrected chi connectivity index (χ3v) is 5.17. The monoisotopic (exact) mass is 368 g/mol. The van der Waals surface area contributed by atoms with Crippen LogP contribution in [0.3, 0.4) is 0 Å². The number of rotatable bonds is 9. The number of hydrogen-bond donors (Lipinski definition) is 1. The van der Waals surface area contributed by atoms with E-state index >= 15 is 0 Å². The number of likely N-dealkylation sites (N-methyl/N-ethyl adjacent to an activating group) is 1. The maximum atomic E-state index is 5.99. The lowest BCUT2D eigenvalue weighted by Gasteiger charge is -2.31. The van der Waals surface area contributed by atoms with Crippen LogP contribution in [0.4, 0.5) is 0 Å². The molecule has 1 saturated heterocycles. The van der Waals surface area contributed by atoms with Gasteiger partial charge in [0.1, 0.15) is 12.4 Å². The second-order valence-corrected chi connectivity index (χ2v) is 7.41. The van der Waals surface area contributed by atoms with Crippen LogP contribution in [0.1, 0.15) is 29.5 Å². The molecule has 0 spiro atoms. The highest BCUT2D eigenvalue weighted by Gasteiger charge is 2.17. The summed E-state index contributed by atoms with van der Waals surface area (Å²) in [7, 11) is 2.19. The number of nitrogens with one attached hydrogen (secondary N) is 1. The molecular weight excluding hydrogens is 336 g/mol. The Labute approximate surface area is 163 Å². The molecule has 0 aliphatic carbocycles. The normalized spacial score (nSPS) is 15.2. The molecule has 0 amide bonds. The predicted molar refractivity (Wildman–Crippen MR) is 110 cm³/mol. The highest BCUT2D eigenvalue weighted by atomic mass is 16.5. The molecule has 0 saturated carbocycles. The molecule has 1 fully saturated rings. The summed E-state index contributed by atoms with van der Waals surface area (Å²) in [4.78, 5) is 2.40. The van der Waals surface area contributed by atoms with E-state index in [-0.39, 0.29) is 0 Å². The van der Waals surface area contributed by atoms with E-state index in [1.165, 1.54) is 16.7 Å². The van der Waals surface area contributed by atoms with Gasteiger partial charge in [0.15, 0.2) is 0 Å². The minimum atomic E-state index is 0.625. The molecule has 0 aromatic heterocycles. The minimum Gasteiger partial charge on any atom is -0.492 e. The van der Waals surface area contributed by atoms with E-state index < -0.39 is 0 Å². The zero-order valence-corrected chi connectivity index (χ0v) is 16.6. The van der Waals surface area contributed by atoms with Crippen LogP contribution in [0.25, 0.3) is 0 Å². The SMILES string of the molecule is Cc1cccc(CNCc2cccc(OCCN(C)C3CCOCC3)c2)c1. The highest BCUT2D eigenvalue weighted by Crippen LogP contribution is 2.15. The average Bonchev–Trinajstić information content (AvgIpc) is 2.69. The van der Waals surface area contributed by atoms with Crippen molar-refractivity contribution >= 4 is 0 Å². The Balaban J connectivity index is 1.40. The number of aryl methyl sites for hydroxylation is 1. The lowest BCUT2D eigenvalue weighted by molar-refractivity contribution is 0.0392. The fraction of sp³-hybridized carbons (Fsp3) is 0.478. The van der Waals surface area contributed by atoms with Gasteiger partial charge in [-0.05, 0) is 50.1 Å². The second-order valence-electron chi connectivity index (χ2n) is 7.41. The van der Waals surface area contributed by atoms with Crippen molar-refractivity contribution < 1.29 is 9.47 Å². The summed E-state index contributed by atoms with van der Waals surface area (Å²) in [6.45, 7) is 7.27. The second kappa shape index (κ2) is 10.5. The number of benzene rings is 2. The molecular formula is C23H32N2O2. The average molecular weight is 369 g/mol. The molecule has 4 nitrogen and oxygen atoms in total. The van der Waals surface area contributed by atoms with Crippen molar-refractivity contribution in [1.29, 1.82) is 0 Å². The van der Waals surface area contributed by atoms with Gasteiger partial charge in [-0.3, -0.25) is 4.90 Å². The van der Waals surface area contributed by atoms with E-state index in [1.54, 1.807) is 0 Å². The van der Waals surface area contributed by atoms with Crippen molar-refractivity contribution in [2.45, 2.75) is 38.9 Å². The van der Waals surface area contributed by atoms with E-state index in [1.807, 2.05) is 6.07 Å². The van der Waals surface area contributed by atoms with Crippen molar-refractivity contribution in [1.82, 2.24) is 10.2 Å². The van der Waals surface area contributed by atoms with Gasteiger partial charge in [-0.15, -0.1) is 0 Å². The number of nitrogens with zero attached hydrogens (tertiary/aromatic N) is 1. The number of ether oxygens (including phenoxy) is 2. The van der Waals surface area contributed by atoms with Crippen LogP contribution in [0.2, 0.25) is 0 Å². The Bertz CT molecular complexity index is 698. The van der Waals surface area contributed by atoms with Crippen molar-refractivity contribution in [3.63, 3.8) is 0 Å². The fourth-order valence-corrected chi connectivity index (χ4v) is 3.53. The van der Waals surface area contributed by atoms with Gasteiger partial charge in [-0.1, -0.05) is 42.0 Å². The molecule has 1 N–H and O–H groups in total. The first-order chi connectivity index (χ1) is 13.2. The van der Waals surface area contributed by atoms with E-state index in [2.05, 4.69) is 66.7 Å². The van der Waals surface area contributed by atoms with Crippen LogP contribution < -0.4 is 10.1 Å². The van der Waals surface area contributed by atoms with Crippen LogP contribution in [-0.2, 0) is 17.8 Å². The molecule has 27 heavy (non-hydrogen) atoms. The lowest BCUT2D eigenvalue weighted by atomic mass is 10.1. The standard InChI is InChI=1S/C23H32N2O2/c1-19-5-3-6-20(15-19)17-24-18-21-7-4-8-23(16-21)27-14-11-25(2)22-9-12-26-13-10-22/h3-8,15-16,22,24H,9-14,17-18H2,1-2H3. The van der Waals surface area contributed by atoms with Crippen molar-refractivity contribution in [3.8, 4) is 5.75 Å². The van der Waals surface area contributed by atoms with E-state index in [0.29, 0.717) is 12.6 Å². The first kappa shape index (κ1) is 19.9. The Hall–Kier alpha value is -1.88. The number of hydrogen-bond acceptors (Lipinski definition) is 4. The van der Waals surface area contributed by atoms with E-state index in [0.717, 1.165) is 51.4 Å². The third-order valence-electron chi connectivity index (χ3n) is 5.17. The van der Waals surface area contributed by atoms with Crippen LogP contribution in [0.5, 0.6) is 5.75 Å². The molecule has 0 unspecified atom stereocenters. The van der Waals surface area contributed by atoms with Gasteiger partial charge in [0, 0.05) is 38.9 Å². The summed E-state index contributed by atoms with van der Waals surface area (Å²) in [6, 6.07) is 17.6. The van der Waals surface area contributed by atoms with Crippen molar-refractivity contribution in [2.75, 3.05) is 33.4 Å². The van der Waals surface area contributed by atoms with Crippen LogP contribution in [0, 0.1) is 6.92 Å². The Morgan fingerprint density at radius 3 is 2.48 bits per heavy atom. The van der Waals surface area contributed by atoms with Crippen LogP contribution >= 0.6 is 0 Å². The molecule has 1 heterocycles. The molecule has 2 aromatic carbocycles. The lowest BCUT2D eigenvalue weighted by Crippen LogP contribution is -2.38. The van der Waals surface area contributed by atoms with Gasteiger partial charge in [0.05, 0.1) is 0 Å². The topological polar surface area (TPSA) is 33.7 Å². The van der Waals surface area contributed by atoms with Gasteiger partial charge in [-0.2, -0.15) is 0 Å². The molecule has 1 aliphatic rings. The smallest absolute Gasteiger partial charge is 0.119 e. The summed E-state index contributed by atoms with van der Waals surface area (Å²) >= 11 is 0. The molecule has 3 rings (SSSR count). The fourth-order valence-electron chi connectivity index (χ4n) is 3.53. The summed E-state index contributed by atoms with van der Waals surface area (Å²) < 4.78 is 11.4. The van der Waals surface area contributed by atoms with Crippen molar-refractivity contribution in [3.05, 3.63) is 65.2 Å². The molecule has 0 atom stereocenters. The molecule has 2 aromatic rings. The maximum absolute atomic E-state index is 5.99. The largest absolute Gasteiger partial charge is 0.492 e. The molecule has 4 heteroatoms. The Morgan fingerprint density at radius 2 is 1.74 bits per heavy atom. The van der Waals surface area contributed by atoms with Crippen molar-refractivity contribution in [2.24, 2.45) is 0 Å². The minimum absolute atomic E-state index is 0.625. The predicted octanol–water partition coefficient (Wildman–Crippen LogP) is 3.77. The Kier molecular flexibility index (Phi) is 7.69. The first-order valence-corrected chi connectivity index (χ1v) is 9.97. The van der Waals surface area contributed by atoms with Gasteiger partial charge in [-0.25, -0.2) is 0 Å². The van der Waals surface area contributed by atoms with Gasteiger partial charge >= 0.3 is 0 Å². The summed E-state index contributed by atoms with van der Waals surface area (Å²) in [5.74, 6) is 0.949. The summed E-state index contributed by atoms with van der Waals surface area (Å²) in [6.07, 6.45) is 2.25. The quantitative estimate of drug-likeness (QED) is 0.730. The van der Waals surface area contributed by atoms with E-state index in [9.17, 15) is 0 Å². The van der Waals surface area contributed by atoms with Crippen LogP contribution in [-0.4, -0.2) is 44.4 Å². The third kappa shape index (κ3) is 6.65. The molecule has 0 radical (unpaired) electrons. The van der Waals surface area contributed by atoms with Crippen LogP contribution in [0.15, 0.2) is 48.5 Å². The zero-order chi connectivity index (χ0) is 18.9. The molecule has 146 valence electrons. The first-order valence-electron chi connectivity index (χ1n) is 9.97. The highest BCUT2D eigenvalue weighted by molar-refractivity contribution is 5.28. The van der Waals surface area contributed by atoms with Gasteiger partial charge in [0.25, 0.3) is 0 Å².